The average molecular weight is 330 g/mol. The largest absolute Gasteiger partial charge is 0.465 e. The molecule has 3 aromatic rings. The number of carbonyl (C=O) groups excluding carboxylic acids is 2. The minimum atomic E-state index is -0.459. The number of esters is 1. The number of fused-ring (bicyclic) bond motifs is 1. The van der Waals surface area contributed by atoms with Crippen molar-refractivity contribution in [3.05, 3.63) is 58.8 Å². The van der Waals surface area contributed by atoms with Crippen LogP contribution in [0.4, 0.5) is 0 Å². The molecule has 0 unspecified atom stereocenters. The summed E-state index contributed by atoms with van der Waals surface area (Å²) >= 11 is 5.82. The number of methoxy groups -OCH3 is 1. The molecule has 0 saturated carbocycles. The van der Waals surface area contributed by atoms with Crippen molar-refractivity contribution in [2.24, 2.45) is 7.05 Å². The third-order valence-corrected chi connectivity index (χ3v) is 3.73. The Morgan fingerprint density at radius 2 is 2.00 bits per heavy atom. The molecule has 116 valence electrons. The standard InChI is InChI=1S/C16H12ClN3O3/c1-20-7-11(15(21)12-6-14(17)19-8-18-12)10-5-9(16(22)23-2)3-4-13(10)20/h3-8H,1-2H3. The van der Waals surface area contributed by atoms with Gasteiger partial charge in [-0.05, 0) is 18.2 Å². The summed E-state index contributed by atoms with van der Waals surface area (Å²) in [7, 11) is 3.14. The lowest BCUT2D eigenvalue weighted by molar-refractivity contribution is 0.0600. The molecular weight excluding hydrogens is 318 g/mol. The second-order valence-electron chi connectivity index (χ2n) is 4.93. The number of ketones is 1. The molecule has 0 N–H and O–H groups in total. The van der Waals surface area contributed by atoms with Crippen LogP contribution in [-0.4, -0.2) is 33.4 Å². The normalized spacial score (nSPS) is 10.7. The molecular formula is C16H12ClN3O3. The summed E-state index contributed by atoms with van der Waals surface area (Å²) in [6.07, 6.45) is 2.94. The number of rotatable bonds is 3. The van der Waals surface area contributed by atoms with Gasteiger partial charge in [-0.1, -0.05) is 11.6 Å². The first-order valence-electron chi connectivity index (χ1n) is 6.71. The van der Waals surface area contributed by atoms with Gasteiger partial charge in [0.1, 0.15) is 17.2 Å². The molecule has 23 heavy (non-hydrogen) atoms. The van der Waals surface area contributed by atoms with Gasteiger partial charge in [0.2, 0.25) is 5.78 Å². The number of carbonyl (C=O) groups is 2. The minimum Gasteiger partial charge on any atom is -0.465 e. The second-order valence-corrected chi connectivity index (χ2v) is 5.32. The van der Waals surface area contributed by atoms with Crippen molar-refractivity contribution in [3.8, 4) is 0 Å². The maximum absolute atomic E-state index is 12.7. The Labute approximate surface area is 136 Å². The molecule has 0 bridgehead atoms. The van der Waals surface area contributed by atoms with Crippen molar-refractivity contribution in [2.75, 3.05) is 7.11 Å². The minimum absolute atomic E-state index is 0.193. The Morgan fingerprint density at radius 1 is 1.22 bits per heavy atom. The Morgan fingerprint density at radius 3 is 2.70 bits per heavy atom. The Hall–Kier alpha value is -2.73. The van der Waals surface area contributed by atoms with Gasteiger partial charge >= 0.3 is 5.97 Å². The molecule has 0 spiro atoms. The predicted molar refractivity (Wildman–Crippen MR) is 84.7 cm³/mol. The van der Waals surface area contributed by atoms with Crippen molar-refractivity contribution in [1.82, 2.24) is 14.5 Å². The van der Waals surface area contributed by atoms with E-state index in [0.29, 0.717) is 16.5 Å². The molecule has 0 amide bonds. The van der Waals surface area contributed by atoms with E-state index in [0.717, 1.165) is 5.52 Å². The molecule has 2 heterocycles. The van der Waals surface area contributed by atoms with Gasteiger partial charge in [-0.25, -0.2) is 14.8 Å². The first-order chi connectivity index (χ1) is 11.0. The zero-order valence-corrected chi connectivity index (χ0v) is 13.2. The highest BCUT2D eigenvalue weighted by atomic mass is 35.5. The van der Waals surface area contributed by atoms with Crippen LogP contribution in [-0.2, 0) is 11.8 Å². The molecule has 3 rings (SSSR count). The lowest BCUT2D eigenvalue weighted by Gasteiger charge is -2.02. The van der Waals surface area contributed by atoms with Crippen molar-refractivity contribution < 1.29 is 14.3 Å². The zero-order chi connectivity index (χ0) is 16.6. The summed E-state index contributed by atoms with van der Waals surface area (Å²) in [5.74, 6) is -0.749. The summed E-state index contributed by atoms with van der Waals surface area (Å²) < 4.78 is 6.54. The van der Waals surface area contributed by atoms with Gasteiger partial charge in [-0.3, -0.25) is 4.79 Å². The van der Waals surface area contributed by atoms with Crippen LogP contribution >= 0.6 is 11.6 Å². The summed E-state index contributed by atoms with van der Waals surface area (Å²) in [5, 5.41) is 0.842. The van der Waals surface area contributed by atoms with Crippen LogP contribution in [0.15, 0.2) is 36.8 Å². The van der Waals surface area contributed by atoms with Gasteiger partial charge in [0.15, 0.2) is 0 Å². The molecule has 0 saturated heterocycles. The highest BCUT2D eigenvalue weighted by Crippen LogP contribution is 2.24. The molecule has 0 aliphatic carbocycles. The Bertz CT molecular complexity index is 933. The van der Waals surface area contributed by atoms with E-state index in [9.17, 15) is 9.59 Å². The quantitative estimate of drug-likeness (QED) is 0.419. The molecule has 2 aromatic heterocycles. The summed E-state index contributed by atoms with van der Waals surface area (Å²) in [4.78, 5) is 32.1. The summed E-state index contributed by atoms with van der Waals surface area (Å²) in [6.45, 7) is 0. The molecule has 0 aliphatic heterocycles. The highest BCUT2D eigenvalue weighted by Gasteiger charge is 2.19. The molecule has 0 aliphatic rings. The van der Waals surface area contributed by atoms with Gasteiger partial charge in [-0.15, -0.1) is 0 Å². The fraction of sp³-hybridized carbons (Fsp3) is 0.125. The molecule has 7 heteroatoms. The molecule has 0 fully saturated rings. The average Bonchev–Trinajstić information content (AvgIpc) is 2.89. The van der Waals surface area contributed by atoms with E-state index in [1.54, 1.807) is 24.4 Å². The van der Waals surface area contributed by atoms with Crippen molar-refractivity contribution >= 4 is 34.3 Å². The SMILES string of the molecule is COC(=O)c1ccc2c(c1)c(C(=O)c1cc(Cl)ncn1)cn2C. The van der Waals surface area contributed by atoms with Gasteiger partial charge in [0, 0.05) is 35.8 Å². The number of aromatic nitrogens is 3. The number of hydrogen-bond donors (Lipinski definition) is 0. The van der Waals surface area contributed by atoms with Crippen LogP contribution in [0.5, 0.6) is 0 Å². The maximum Gasteiger partial charge on any atom is 0.337 e. The van der Waals surface area contributed by atoms with Crippen molar-refractivity contribution in [3.63, 3.8) is 0 Å². The molecule has 1 aromatic carbocycles. The maximum atomic E-state index is 12.7. The first kappa shape index (κ1) is 15.2. The molecule has 0 radical (unpaired) electrons. The van der Waals surface area contributed by atoms with E-state index in [4.69, 9.17) is 16.3 Å². The van der Waals surface area contributed by atoms with Gasteiger partial charge in [0.25, 0.3) is 0 Å². The third-order valence-electron chi connectivity index (χ3n) is 3.52. The second kappa shape index (κ2) is 5.81. The van der Waals surface area contributed by atoms with Crippen LogP contribution in [0, 0.1) is 0 Å². The van der Waals surface area contributed by atoms with E-state index in [-0.39, 0.29) is 16.6 Å². The number of aryl methyl sites for hydroxylation is 1. The Kier molecular flexibility index (Phi) is 3.83. The van der Waals surface area contributed by atoms with Crippen LogP contribution < -0.4 is 0 Å². The van der Waals surface area contributed by atoms with Crippen LogP contribution in [0.3, 0.4) is 0 Å². The number of nitrogens with zero attached hydrogens (tertiary/aromatic N) is 3. The van der Waals surface area contributed by atoms with Crippen LogP contribution in [0.1, 0.15) is 26.4 Å². The van der Waals surface area contributed by atoms with Gasteiger partial charge in [0.05, 0.1) is 12.7 Å². The number of halogens is 1. The molecule has 6 nitrogen and oxygen atoms in total. The number of hydrogen-bond acceptors (Lipinski definition) is 5. The Balaban J connectivity index is 2.17. The van der Waals surface area contributed by atoms with E-state index in [2.05, 4.69) is 9.97 Å². The predicted octanol–water partition coefficient (Wildman–Crippen LogP) is 2.64. The van der Waals surface area contributed by atoms with Gasteiger partial charge in [-0.2, -0.15) is 0 Å². The van der Waals surface area contributed by atoms with E-state index in [1.807, 2.05) is 11.6 Å². The lowest BCUT2D eigenvalue weighted by atomic mass is 10.0. The topological polar surface area (TPSA) is 74.1 Å². The number of ether oxygens (including phenoxy) is 1. The van der Waals surface area contributed by atoms with E-state index >= 15 is 0 Å². The zero-order valence-electron chi connectivity index (χ0n) is 12.4. The number of benzene rings is 1. The van der Waals surface area contributed by atoms with E-state index < -0.39 is 5.97 Å². The third kappa shape index (κ3) is 2.68. The van der Waals surface area contributed by atoms with Crippen LogP contribution in [0.2, 0.25) is 5.15 Å². The van der Waals surface area contributed by atoms with E-state index in [1.165, 1.54) is 19.5 Å². The summed E-state index contributed by atoms with van der Waals surface area (Å²) in [6, 6.07) is 6.47. The van der Waals surface area contributed by atoms with Crippen molar-refractivity contribution in [1.29, 1.82) is 0 Å². The van der Waals surface area contributed by atoms with Crippen molar-refractivity contribution in [2.45, 2.75) is 0 Å². The summed E-state index contributed by atoms with van der Waals surface area (Å²) in [5.41, 5.74) is 1.83. The monoisotopic (exact) mass is 329 g/mol. The fourth-order valence-electron chi connectivity index (χ4n) is 2.41. The fourth-order valence-corrected chi connectivity index (χ4v) is 2.56. The van der Waals surface area contributed by atoms with Crippen LogP contribution in [0.25, 0.3) is 10.9 Å². The first-order valence-corrected chi connectivity index (χ1v) is 7.08. The lowest BCUT2D eigenvalue weighted by Crippen LogP contribution is -2.05. The van der Waals surface area contributed by atoms with Gasteiger partial charge < -0.3 is 9.30 Å². The smallest absolute Gasteiger partial charge is 0.337 e. The molecule has 0 atom stereocenters. The highest BCUT2D eigenvalue weighted by molar-refractivity contribution is 6.30.